The molecule has 0 aliphatic carbocycles. The van der Waals surface area contributed by atoms with Crippen LogP contribution in [-0.4, -0.2) is 17.6 Å². The van der Waals surface area contributed by atoms with Gasteiger partial charge in [0.15, 0.2) is 0 Å². The Hall–Kier alpha value is -2.33. The third-order valence-electron chi connectivity index (χ3n) is 2.94. The predicted octanol–water partition coefficient (Wildman–Crippen LogP) is 1.90. The van der Waals surface area contributed by atoms with E-state index in [9.17, 15) is 4.79 Å². The summed E-state index contributed by atoms with van der Waals surface area (Å²) in [6.45, 7) is 0.514. The molecule has 3 N–H and O–H groups in total. The molecule has 0 aliphatic heterocycles. The number of primary amides is 1. The van der Waals surface area contributed by atoms with Crippen LogP contribution in [0.2, 0.25) is 0 Å². The molecule has 1 amide bonds. The number of carbonyl (C=O) groups is 1. The molecule has 0 fully saturated rings. The molecule has 2 aromatic rings. The molecule has 0 heterocycles. The van der Waals surface area contributed by atoms with Gasteiger partial charge in [0.1, 0.15) is 12.4 Å². The van der Waals surface area contributed by atoms with Gasteiger partial charge >= 0.3 is 0 Å². The number of aliphatic hydroxyl groups excluding tert-OH is 1. The minimum Gasteiger partial charge on any atom is -0.489 e. The lowest BCUT2D eigenvalue weighted by Gasteiger charge is -2.08. The normalized spacial score (nSPS) is 10.2. The minimum absolute atomic E-state index is 0.139. The maximum Gasteiger partial charge on any atom is 0.248 e. The summed E-state index contributed by atoms with van der Waals surface area (Å²) in [5.41, 5.74) is 7.67. The zero-order valence-electron chi connectivity index (χ0n) is 11.1. The average Bonchev–Trinajstić information content (AvgIpc) is 2.47. The van der Waals surface area contributed by atoms with Crippen molar-refractivity contribution in [3.8, 4) is 5.75 Å². The van der Waals surface area contributed by atoms with Crippen LogP contribution < -0.4 is 10.5 Å². The van der Waals surface area contributed by atoms with E-state index in [2.05, 4.69) is 0 Å². The highest BCUT2D eigenvalue weighted by Gasteiger charge is 2.02. The third kappa shape index (κ3) is 3.83. The van der Waals surface area contributed by atoms with Gasteiger partial charge in [-0.3, -0.25) is 4.79 Å². The fourth-order valence-corrected chi connectivity index (χ4v) is 1.86. The Labute approximate surface area is 117 Å². The van der Waals surface area contributed by atoms with Gasteiger partial charge in [-0.25, -0.2) is 0 Å². The van der Waals surface area contributed by atoms with Gasteiger partial charge in [-0.1, -0.05) is 24.3 Å². The lowest BCUT2D eigenvalue weighted by atomic mass is 10.1. The van der Waals surface area contributed by atoms with Crippen molar-refractivity contribution in [3.63, 3.8) is 0 Å². The van der Waals surface area contributed by atoms with E-state index < -0.39 is 5.91 Å². The first-order valence-electron chi connectivity index (χ1n) is 6.40. The van der Waals surface area contributed by atoms with Crippen LogP contribution in [0.25, 0.3) is 0 Å². The highest BCUT2D eigenvalue weighted by atomic mass is 16.5. The minimum atomic E-state index is -0.444. The molecule has 0 bridgehead atoms. The molecule has 104 valence electrons. The number of rotatable bonds is 6. The van der Waals surface area contributed by atoms with Crippen LogP contribution >= 0.6 is 0 Å². The monoisotopic (exact) mass is 271 g/mol. The number of benzene rings is 2. The molecule has 0 unspecified atom stereocenters. The Kier molecular flexibility index (Phi) is 4.74. The van der Waals surface area contributed by atoms with Crippen LogP contribution in [0.1, 0.15) is 21.5 Å². The van der Waals surface area contributed by atoms with Gasteiger partial charge in [-0.2, -0.15) is 0 Å². The lowest BCUT2D eigenvalue weighted by Crippen LogP contribution is -2.11. The lowest BCUT2D eigenvalue weighted by molar-refractivity contribution is 0.1000. The maximum atomic E-state index is 11.1. The summed E-state index contributed by atoms with van der Waals surface area (Å²) >= 11 is 0. The zero-order chi connectivity index (χ0) is 14.4. The van der Waals surface area contributed by atoms with E-state index in [1.165, 1.54) is 0 Å². The van der Waals surface area contributed by atoms with Crippen molar-refractivity contribution in [3.05, 3.63) is 65.2 Å². The molecule has 2 aromatic carbocycles. The van der Waals surface area contributed by atoms with Crippen molar-refractivity contribution in [1.29, 1.82) is 0 Å². The Morgan fingerprint density at radius 2 is 1.85 bits per heavy atom. The predicted molar refractivity (Wildman–Crippen MR) is 76.5 cm³/mol. The molecule has 2 rings (SSSR count). The van der Waals surface area contributed by atoms with Crippen LogP contribution in [0.3, 0.4) is 0 Å². The summed E-state index contributed by atoms with van der Waals surface area (Å²) in [6.07, 6.45) is 0.640. The summed E-state index contributed by atoms with van der Waals surface area (Å²) < 4.78 is 5.65. The van der Waals surface area contributed by atoms with Crippen molar-refractivity contribution < 1.29 is 14.6 Å². The number of aliphatic hydroxyl groups is 1. The average molecular weight is 271 g/mol. The van der Waals surface area contributed by atoms with Crippen molar-refractivity contribution >= 4 is 5.91 Å². The van der Waals surface area contributed by atoms with E-state index in [1.807, 2.05) is 30.3 Å². The van der Waals surface area contributed by atoms with Crippen molar-refractivity contribution in [1.82, 2.24) is 0 Å². The highest BCUT2D eigenvalue weighted by Crippen LogP contribution is 2.15. The Morgan fingerprint density at radius 3 is 2.50 bits per heavy atom. The van der Waals surface area contributed by atoms with Crippen LogP contribution in [0, 0.1) is 0 Å². The van der Waals surface area contributed by atoms with E-state index in [4.69, 9.17) is 15.6 Å². The first kappa shape index (κ1) is 14.1. The van der Waals surface area contributed by atoms with Crippen molar-refractivity contribution in [2.75, 3.05) is 6.61 Å². The largest absolute Gasteiger partial charge is 0.489 e. The Balaban J connectivity index is 1.97. The molecule has 4 nitrogen and oxygen atoms in total. The summed E-state index contributed by atoms with van der Waals surface area (Å²) in [5, 5.41) is 8.84. The number of hydrogen-bond acceptors (Lipinski definition) is 3. The molecule has 0 saturated carbocycles. The fourth-order valence-electron chi connectivity index (χ4n) is 1.86. The summed E-state index contributed by atoms with van der Waals surface area (Å²) in [7, 11) is 0. The van der Waals surface area contributed by atoms with E-state index >= 15 is 0 Å². The van der Waals surface area contributed by atoms with E-state index in [0.29, 0.717) is 18.6 Å². The third-order valence-corrected chi connectivity index (χ3v) is 2.94. The van der Waals surface area contributed by atoms with E-state index in [1.54, 1.807) is 18.2 Å². The van der Waals surface area contributed by atoms with E-state index in [0.717, 1.165) is 16.9 Å². The smallest absolute Gasteiger partial charge is 0.248 e. The molecule has 0 radical (unpaired) electrons. The Morgan fingerprint density at radius 1 is 1.10 bits per heavy atom. The molecular formula is C16H17NO3. The second kappa shape index (κ2) is 6.73. The summed E-state index contributed by atoms with van der Waals surface area (Å²) in [4.78, 5) is 11.1. The van der Waals surface area contributed by atoms with Gasteiger partial charge in [-0.15, -0.1) is 0 Å². The van der Waals surface area contributed by atoms with Crippen LogP contribution in [0.15, 0.2) is 48.5 Å². The quantitative estimate of drug-likeness (QED) is 0.842. The molecule has 0 atom stereocenters. The SMILES string of the molecule is NC(=O)c1cccc(COc2ccc(CCO)cc2)c1. The fraction of sp³-hybridized carbons (Fsp3) is 0.188. The van der Waals surface area contributed by atoms with Crippen LogP contribution in [0.5, 0.6) is 5.75 Å². The summed E-state index contributed by atoms with van der Waals surface area (Å²) in [5.74, 6) is 0.302. The molecule has 0 spiro atoms. The van der Waals surface area contributed by atoms with E-state index in [-0.39, 0.29) is 6.61 Å². The molecule has 0 saturated heterocycles. The second-order valence-electron chi connectivity index (χ2n) is 4.47. The topological polar surface area (TPSA) is 72.6 Å². The van der Waals surface area contributed by atoms with Gasteiger partial charge in [0.2, 0.25) is 5.91 Å². The van der Waals surface area contributed by atoms with Crippen molar-refractivity contribution in [2.24, 2.45) is 5.73 Å². The maximum absolute atomic E-state index is 11.1. The number of ether oxygens (including phenoxy) is 1. The van der Waals surface area contributed by atoms with Crippen molar-refractivity contribution in [2.45, 2.75) is 13.0 Å². The summed E-state index contributed by atoms with van der Waals surface area (Å²) in [6, 6.07) is 14.6. The van der Waals surface area contributed by atoms with Crippen LogP contribution in [-0.2, 0) is 13.0 Å². The molecule has 20 heavy (non-hydrogen) atoms. The van der Waals surface area contributed by atoms with Crippen LogP contribution in [0.4, 0.5) is 0 Å². The number of nitrogens with two attached hydrogens (primary N) is 1. The van der Waals surface area contributed by atoms with Gasteiger partial charge in [0.05, 0.1) is 0 Å². The highest BCUT2D eigenvalue weighted by molar-refractivity contribution is 5.92. The number of amides is 1. The Bertz CT molecular complexity index is 579. The molecule has 0 aromatic heterocycles. The first-order valence-corrected chi connectivity index (χ1v) is 6.40. The molecule has 0 aliphatic rings. The van der Waals surface area contributed by atoms with Gasteiger partial charge < -0.3 is 15.6 Å². The standard InChI is InChI=1S/C16H17NO3/c17-16(19)14-3-1-2-13(10-14)11-20-15-6-4-12(5-7-15)8-9-18/h1-7,10,18H,8-9,11H2,(H2,17,19). The second-order valence-corrected chi connectivity index (χ2v) is 4.47. The zero-order valence-corrected chi connectivity index (χ0v) is 11.1. The molecular weight excluding hydrogens is 254 g/mol. The number of carbonyl (C=O) groups excluding carboxylic acids is 1. The number of hydrogen-bond donors (Lipinski definition) is 2. The van der Waals surface area contributed by atoms with Gasteiger partial charge in [-0.05, 0) is 41.8 Å². The van der Waals surface area contributed by atoms with Gasteiger partial charge in [0, 0.05) is 12.2 Å². The molecule has 4 heteroatoms. The first-order chi connectivity index (χ1) is 9.69. The van der Waals surface area contributed by atoms with Gasteiger partial charge in [0.25, 0.3) is 0 Å².